The van der Waals surface area contributed by atoms with Crippen LogP contribution in [0.25, 0.3) is 0 Å². The van der Waals surface area contributed by atoms with Gasteiger partial charge >= 0.3 is 0 Å². The molecule has 1 atom stereocenters. The van der Waals surface area contributed by atoms with Crippen LogP contribution in [0.1, 0.15) is 37.1 Å². The van der Waals surface area contributed by atoms with E-state index in [-0.39, 0.29) is 0 Å². The minimum absolute atomic E-state index is 0.359. The first kappa shape index (κ1) is 14.1. The highest BCUT2D eigenvalue weighted by atomic mass is 15.3. The van der Waals surface area contributed by atoms with Crippen LogP contribution in [0.5, 0.6) is 0 Å². The van der Waals surface area contributed by atoms with Crippen molar-refractivity contribution in [2.75, 3.05) is 19.6 Å². The Morgan fingerprint density at radius 2 is 2.21 bits per heavy atom. The molecule has 0 aromatic carbocycles. The fourth-order valence-corrected chi connectivity index (χ4v) is 2.77. The summed E-state index contributed by atoms with van der Waals surface area (Å²) in [6, 6.07) is 0.946. The van der Waals surface area contributed by atoms with E-state index in [1.807, 2.05) is 17.9 Å². The van der Waals surface area contributed by atoms with Crippen molar-refractivity contribution in [2.45, 2.75) is 38.8 Å². The van der Waals surface area contributed by atoms with Crippen molar-refractivity contribution >= 4 is 0 Å². The van der Waals surface area contributed by atoms with Gasteiger partial charge in [0.25, 0.3) is 0 Å². The molecule has 1 aromatic heterocycles. The van der Waals surface area contributed by atoms with Gasteiger partial charge in [-0.3, -0.25) is 9.58 Å². The lowest BCUT2D eigenvalue weighted by Gasteiger charge is -2.32. The minimum atomic E-state index is 0.359. The van der Waals surface area contributed by atoms with Crippen LogP contribution in [0.2, 0.25) is 0 Å². The zero-order chi connectivity index (χ0) is 13.8. The number of aromatic nitrogens is 2. The molecular formula is C15H24N4. The van der Waals surface area contributed by atoms with E-state index in [0.29, 0.717) is 12.1 Å². The van der Waals surface area contributed by atoms with Gasteiger partial charge in [-0.1, -0.05) is 5.92 Å². The van der Waals surface area contributed by atoms with Gasteiger partial charge in [0, 0.05) is 43.5 Å². The number of hydrogen-bond donors (Lipinski definition) is 1. The Hall–Kier alpha value is -1.31. The third-order valence-electron chi connectivity index (χ3n) is 4.13. The van der Waals surface area contributed by atoms with Crippen LogP contribution in [-0.2, 0) is 7.05 Å². The number of rotatable bonds is 4. The summed E-state index contributed by atoms with van der Waals surface area (Å²) >= 11 is 0. The SMILES string of the molecule is C#CCN1CCC(NC(C)c2cnn(C)c2C)CC1. The van der Waals surface area contributed by atoms with E-state index in [0.717, 1.165) is 19.6 Å². The molecule has 0 amide bonds. The van der Waals surface area contributed by atoms with Crippen LogP contribution in [-0.4, -0.2) is 40.4 Å². The molecule has 2 heterocycles. The Labute approximate surface area is 116 Å². The number of piperidine rings is 1. The summed E-state index contributed by atoms with van der Waals surface area (Å²) in [6.45, 7) is 7.32. The third-order valence-corrected chi connectivity index (χ3v) is 4.13. The molecule has 0 aliphatic carbocycles. The van der Waals surface area contributed by atoms with Crippen molar-refractivity contribution in [1.29, 1.82) is 0 Å². The van der Waals surface area contributed by atoms with Gasteiger partial charge in [-0.2, -0.15) is 5.10 Å². The van der Waals surface area contributed by atoms with Crippen LogP contribution in [0.4, 0.5) is 0 Å². The maximum absolute atomic E-state index is 5.35. The summed E-state index contributed by atoms with van der Waals surface area (Å²) in [6.07, 6.45) is 9.67. The number of likely N-dealkylation sites (tertiary alicyclic amines) is 1. The van der Waals surface area contributed by atoms with Gasteiger partial charge in [0.2, 0.25) is 0 Å². The maximum Gasteiger partial charge on any atom is 0.0598 e. The maximum atomic E-state index is 5.35. The quantitative estimate of drug-likeness (QED) is 0.832. The van der Waals surface area contributed by atoms with Crippen LogP contribution >= 0.6 is 0 Å². The Kier molecular flexibility index (Phi) is 4.62. The predicted octanol–water partition coefficient (Wildman–Crippen LogP) is 1.48. The van der Waals surface area contributed by atoms with E-state index in [2.05, 4.69) is 35.1 Å². The molecule has 19 heavy (non-hydrogen) atoms. The fraction of sp³-hybridized carbons (Fsp3) is 0.667. The molecule has 0 spiro atoms. The number of hydrogen-bond acceptors (Lipinski definition) is 3. The zero-order valence-corrected chi connectivity index (χ0v) is 12.2. The van der Waals surface area contributed by atoms with Crippen molar-refractivity contribution in [3.8, 4) is 12.3 Å². The first-order chi connectivity index (χ1) is 9.11. The number of nitrogens with zero attached hydrogens (tertiary/aromatic N) is 3. The van der Waals surface area contributed by atoms with Crippen molar-refractivity contribution < 1.29 is 0 Å². The molecule has 4 nitrogen and oxygen atoms in total. The fourth-order valence-electron chi connectivity index (χ4n) is 2.77. The van der Waals surface area contributed by atoms with Crippen molar-refractivity contribution in [2.24, 2.45) is 7.05 Å². The van der Waals surface area contributed by atoms with E-state index < -0.39 is 0 Å². The molecule has 1 unspecified atom stereocenters. The molecule has 1 aliphatic heterocycles. The van der Waals surface area contributed by atoms with Crippen molar-refractivity contribution in [3.63, 3.8) is 0 Å². The van der Waals surface area contributed by atoms with Gasteiger partial charge < -0.3 is 5.32 Å². The molecule has 0 saturated carbocycles. The lowest BCUT2D eigenvalue weighted by Crippen LogP contribution is -2.43. The number of aryl methyl sites for hydroxylation is 1. The lowest BCUT2D eigenvalue weighted by molar-refractivity contribution is 0.211. The second-order valence-electron chi connectivity index (χ2n) is 5.45. The summed E-state index contributed by atoms with van der Waals surface area (Å²) in [4.78, 5) is 2.35. The Morgan fingerprint density at radius 3 is 2.74 bits per heavy atom. The monoisotopic (exact) mass is 260 g/mol. The van der Waals surface area contributed by atoms with Crippen LogP contribution in [0.15, 0.2) is 6.20 Å². The van der Waals surface area contributed by atoms with Gasteiger partial charge in [-0.05, 0) is 26.7 Å². The first-order valence-corrected chi connectivity index (χ1v) is 7.02. The molecule has 1 aromatic rings. The Balaban J connectivity index is 1.86. The molecule has 2 rings (SSSR count). The van der Waals surface area contributed by atoms with E-state index in [9.17, 15) is 0 Å². The van der Waals surface area contributed by atoms with E-state index >= 15 is 0 Å². The number of nitrogens with one attached hydrogen (secondary N) is 1. The average Bonchev–Trinajstić information content (AvgIpc) is 2.73. The molecular weight excluding hydrogens is 236 g/mol. The third kappa shape index (κ3) is 3.37. The summed E-state index contributed by atoms with van der Waals surface area (Å²) in [5.41, 5.74) is 2.54. The standard InChI is InChI=1S/C15H24N4/c1-5-8-19-9-6-14(7-10-19)17-12(2)15-11-16-18(4)13(15)3/h1,11-12,14,17H,6-10H2,2-4H3. The topological polar surface area (TPSA) is 33.1 Å². The van der Waals surface area contributed by atoms with Gasteiger partial charge in [0.15, 0.2) is 0 Å². The highest BCUT2D eigenvalue weighted by Gasteiger charge is 2.21. The van der Waals surface area contributed by atoms with E-state index in [1.54, 1.807) is 0 Å². The molecule has 0 radical (unpaired) electrons. The second kappa shape index (κ2) is 6.23. The van der Waals surface area contributed by atoms with Crippen LogP contribution < -0.4 is 5.32 Å². The summed E-state index contributed by atoms with van der Waals surface area (Å²) in [5, 5.41) is 8.03. The highest BCUT2D eigenvalue weighted by molar-refractivity contribution is 5.19. The molecule has 0 bridgehead atoms. The summed E-state index contributed by atoms with van der Waals surface area (Å²) in [7, 11) is 1.99. The molecule has 1 N–H and O–H groups in total. The molecule has 1 fully saturated rings. The first-order valence-electron chi connectivity index (χ1n) is 7.02. The molecule has 1 aliphatic rings. The summed E-state index contributed by atoms with van der Waals surface area (Å²) < 4.78 is 1.93. The zero-order valence-electron chi connectivity index (χ0n) is 12.2. The van der Waals surface area contributed by atoms with Gasteiger partial charge in [-0.25, -0.2) is 0 Å². The molecule has 104 valence electrons. The van der Waals surface area contributed by atoms with Gasteiger partial charge in [0.1, 0.15) is 0 Å². The van der Waals surface area contributed by atoms with Gasteiger partial charge in [-0.15, -0.1) is 6.42 Å². The van der Waals surface area contributed by atoms with Crippen LogP contribution in [0.3, 0.4) is 0 Å². The second-order valence-corrected chi connectivity index (χ2v) is 5.45. The van der Waals surface area contributed by atoms with Crippen LogP contribution in [0, 0.1) is 19.3 Å². The minimum Gasteiger partial charge on any atom is -0.307 e. The molecule has 4 heteroatoms. The predicted molar refractivity (Wildman–Crippen MR) is 77.8 cm³/mol. The Morgan fingerprint density at radius 1 is 1.53 bits per heavy atom. The van der Waals surface area contributed by atoms with Crippen molar-refractivity contribution in [3.05, 3.63) is 17.5 Å². The smallest absolute Gasteiger partial charge is 0.0598 e. The normalized spacial score (nSPS) is 19.3. The molecule has 1 saturated heterocycles. The lowest BCUT2D eigenvalue weighted by atomic mass is 10.0. The summed E-state index contributed by atoms with van der Waals surface area (Å²) in [5.74, 6) is 2.72. The number of terminal acetylenes is 1. The largest absolute Gasteiger partial charge is 0.307 e. The Bertz CT molecular complexity index is 449. The van der Waals surface area contributed by atoms with Gasteiger partial charge in [0.05, 0.1) is 12.7 Å². The van der Waals surface area contributed by atoms with E-state index in [1.165, 1.54) is 24.1 Å². The van der Waals surface area contributed by atoms with E-state index in [4.69, 9.17) is 6.42 Å². The highest BCUT2D eigenvalue weighted by Crippen LogP contribution is 2.19. The van der Waals surface area contributed by atoms with Crippen molar-refractivity contribution in [1.82, 2.24) is 20.0 Å². The average molecular weight is 260 g/mol.